The fourth-order valence-corrected chi connectivity index (χ4v) is 5.56. The van der Waals surface area contributed by atoms with Crippen molar-refractivity contribution in [1.82, 2.24) is 14.5 Å². The number of carbonyl (C=O) groups excluding carboxylic acids is 2. The fourth-order valence-electron chi connectivity index (χ4n) is 3.66. The number of fused-ring (bicyclic) bond motifs is 2. The number of aromatic nitrogens is 3. The van der Waals surface area contributed by atoms with E-state index in [1.54, 1.807) is 13.8 Å². The largest absolute Gasteiger partial charge is 0.457 e. The van der Waals surface area contributed by atoms with Gasteiger partial charge in [-0.1, -0.05) is 53.8 Å². The average Bonchev–Trinajstić information content (AvgIpc) is 3.43. The number of hydrogen-bond acceptors (Lipinski definition) is 8. The Morgan fingerprint density at radius 3 is 2.60 bits per heavy atom. The van der Waals surface area contributed by atoms with Gasteiger partial charge in [-0.2, -0.15) is 0 Å². The number of aryl methyl sites for hydroxylation is 1. The molecule has 5 rings (SSSR count). The van der Waals surface area contributed by atoms with Crippen molar-refractivity contribution in [1.29, 1.82) is 0 Å². The molecule has 8 nitrogen and oxygen atoms in total. The Balaban J connectivity index is 1.38. The van der Waals surface area contributed by atoms with Crippen LogP contribution in [0, 0.1) is 6.92 Å². The number of rotatable bonds is 6. The Labute approximate surface area is 207 Å². The van der Waals surface area contributed by atoms with Gasteiger partial charge in [0, 0.05) is 0 Å². The van der Waals surface area contributed by atoms with Gasteiger partial charge in [0.1, 0.15) is 22.4 Å². The highest BCUT2D eigenvalue weighted by Crippen LogP contribution is 2.29. The smallest absolute Gasteiger partial charge is 0.349 e. The van der Waals surface area contributed by atoms with Gasteiger partial charge in [-0.25, -0.2) is 14.8 Å². The van der Waals surface area contributed by atoms with Gasteiger partial charge in [0.25, 0.3) is 5.56 Å². The van der Waals surface area contributed by atoms with E-state index in [0.29, 0.717) is 25.8 Å². The first-order valence-corrected chi connectivity index (χ1v) is 12.4. The van der Waals surface area contributed by atoms with Crippen LogP contribution in [0.15, 0.2) is 65.7 Å². The van der Waals surface area contributed by atoms with Crippen LogP contribution < -0.4 is 10.9 Å². The van der Waals surface area contributed by atoms with Gasteiger partial charge in [0.15, 0.2) is 5.13 Å². The number of nitrogens with zero attached hydrogens (tertiary/aromatic N) is 3. The summed E-state index contributed by atoms with van der Waals surface area (Å²) in [6.07, 6.45) is 1.34. The number of benzene rings is 2. The molecule has 1 atom stereocenters. The van der Waals surface area contributed by atoms with Crippen LogP contribution in [-0.4, -0.2) is 26.4 Å². The third-order valence-electron chi connectivity index (χ3n) is 5.59. The lowest BCUT2D eigenvalue weighted by Gasteiger charge is -2.13. The zero-order chi connectivity index (χ0) is 24.5. The van der Waals surface area contributed by atoms with E-state index in [1.165, 1.54) is 22.2 Å². The Morgan fingerprint density at radius 2 is 1.83 bits per heavy atom. The van der Waals surface area contributed by atoms with Crippen molar-refractivity contribution in [3.05, 3.63) is 87.3 Å². The summed E-state index contributed by atoms with van der Waals surface area (Å²) in [5, 5.41) is 3.55. The lowest BCUT2D eigenvalue weighted by molar-refractivity contribution is -0.118. The molecule has 3 aromatic heterocycles. The summed E-state index contributed by atoms with van der Waals surface area (Å²) in [5.41, 5.74) is 1.76. The summed E-state index contributed by atoms with van der Waals surface area (Å²) in [6.45, 7) is 3.44. The summed E-state index contributed by atoms with van der Waals surface area (Å²) < 4.78 is 7.66. The Morgan fingerprint density at radius 1 is 1.09 bits per heavy atom. The highest BCUT2D eigenvalue weighted by Gasteiger charge is 2.24. The molecule has 3 heterocycles. The maximum atomic E-state index is 13.3. The van der Waals surface area contributed by atoms with E-state index in [4.69, 9.17) is 4.74 Å². The number of nitrogens with one attached hydrogen (secondary N) is 1. The minimum atomic E-state index is -0.834. The van der Waals surface area contributed by atoms with Crippen LogP contribution in [0.3, 0.4) is 0 Å². The summed E-state index contributed by atoms with van der Waals surface area (Å²) in [5.74, 6) is -0.899. The van der Waals surface area contributed by atoms with Crippen LogP contribution in [0.1, 0.15) is 33.8 Å². The van der Waals surface area contributed by atoms with E-state index in [1.807, 2.05) is 54.6 Å². The van der Waals surface area contributed by atoms with Crippen molar-refractivity contribution >= 4 is 60.1 Å². The summed E-state index contributed by atoms with van der Waals surface area (Å²) in [7, 11) is 0. The lowest BCUT2D eigenvalue weighted by Crippen LogP contribution is -2.31. The molecule has 0 saturated heterocycles. The first-order valence-electron chi connectivity index (χ1n) is 10.8. The highest BCUT2D eigenvalue weighted by atomic mass is 32.1. The molecule has 5 aromatic rings. The summed E-state index contributed by atoms with van der Waals surface area (Å²) in [4.78, 5) is 48.4. The summed E-state index contributed by atoms with van der Waals surface area (Å²) >= 11 is 2.47. The topological polar surface area (TPSA) is 103 Å². The van der Waals surface area contributed by atoms with Crippen molar-refractivity contribution in [3.63, 3.8) is 0 Å². The lowest BCUT2D eigenvalue weighted by atomic mass is 10.2. The molecule has 0 saturated carbocycles. The molecule has 0 fully saturated rings. The molecule has 0 aliphatic carbocycles. The van der Waals surface area contributed by atoms with Gasteiger partial charge in [-0.05, 0) is 37.1 Å². The fraction of sp³-hybridized carbons (Fsp3) is 0.160. The van der Waals surface area contributed by atoms with Crippen LogP contribution in [0.2, 0.25) is 0 Å². The van der Waals surface area contributed by atoms with Gasteiger partial charge >= 0.3 is 5.97 Å². The monoisotopic (exact) mass is 504 g/mol. The second kappa shape index (κ2) is 9.40. The number of amides is 1. The van der Waals surface area contributed by atoms with E-state index in [2.05, 4.69) is 15.3 Å². The molecule has 35 heavy (non-hydrogen) atoms. The molecule has 1 unspecified atom stereocenters. The number of ether oxygens (including phenoxy) is 1. The second-order valence-electron chi connectivity index (χ2n) is 7.91. The van der Waals surface area contributed by atoms with E-state index < -0.39 is 17.6 Å². The zero-order valence-corrected chi connectivity index (χ0v) is 20.5. The molecule has 0 aliphatic heterocycles. The Kier molecular flexibility index (Phi) is 6.14. The number of hydrogen-bond donors (Lipinski definition) is 1. The van der Waals surface area contributed by atoms with Gasteiger partial charge < -0.3 is 10.1 Å². The predicted molar refractivity (Wildman–Crippen MR) is 137 cm³/mol. The SMILES string of the molecule is Cc1c(C(=O)OCc2ccccc2)sc2ncn(C(C)C(=O)Nc3nc4ccccc4s3)c(=O)c12. The number of thiazole rings is 1. The van der Waals surface area contributed by atoms with E-state index >= 15 is 0 Å². The minimum absolute atomic E-state index is 0.133. The molecular formula is C25H20N4O4S2. The molecule has 176 valence electrons. The van der Waals surface area contributed by atoms with E-state index in [0.717, 1.165) is 27.1 Å². The highest BCUT2D eigenvalue weighted by molar-refractivity contribution is 7.22. The van der Waals surface area contributed by atoms with Crippen LogP contribution in [0.5, 0.6) is 0 Å². The maximum Gasteiger partial charge on any atom is 0.349 e. The van der Waals surface area contributed by atoms with Gasteiger partial charge in [0.05, 0.1) is 21.9 Å². The van der Waals surface area contributed by atoms with Crippen LogP contribution in [-0.2, 0) is 16.1 Å². The molecule has 0 spiro atoms. The van der Waals surface area contributed by atoms with Gasteiger partial charge in [-0.15, -0.1) is 11.3 Å². The normalized spacial score (nSPS) is 12.1. The number of anilines is 1. The molecule has 1 amide bonds. The van der Waals surface area contributed by atoms with Crippen LogP contribution >= 0.6 is 22.7 Å². The van der Waals surface area contributed by atoms with Gasteiger partial charge in [0.2, 0.25) is 5.91 Å². The molecule has 0 radical (unpaired) electrons. The van der Waals surface area contributed by atoms with E-state index in [9.17, 15) is 14.4 Å². The van der Waals surface area contributed by atoms with Crippen LogP contribution in [0.4, 0.5) is 5.13 Å². The molecule has 2 aromatic carbocycles. The Bertz CT molecular complexity index is 1590. The third-order valence-corrected chi connectivity index (χ3v) is 7.73. The molecule has 0 bridgehead atoms. The first kappa shape index (κ1) is 22.9. The first-order chi connectivity index (χ1) is 16.9. The standard InChI is InChI=1S/C25H20N4O4S2/c1-14-19-22(35-20(14)24(32)33-12-16-8-4-3-5-9-16)26-13-29(23(19)31)15(2)21(30)28-25-27-17-10-6-7-11-18(17)34-25/h3-11,13,15H,12H2,1-2H3,(H,27,28,30). The quantitative estimate of drug-likeness (QED) is 0.329. The molecule has 10 heteroatoms. The number of para-hydroxylation sites is 1. The predicted octanol–water partition coefficient (Wildman–Crippen LogP) is 4.93. The number of carbonyl (C=O) groups is 2. The Hall–Kier alpha value is -3.89. The van der Waals surface area contributed by atoms with Crippen molar-refractivity contribution in [3.8, 4) is 0 Å². The molecular weight excluding hydrogens is 484 g/mol. The van der Waals surface area contributed by atoms with Crippen LogP contribution in [0.25, 0.3) is 20.4 Å². The zero-order valence-electron chi connectivity index (χ0n) is 18.8. The van der Waals surface area contributed by atoms with E-state index in [-0.39, 0.29) is 12.5 Å². The molecule has 1 N–H and O–H groups in total. The second-order valence-corrected chi connectivity index (χ2v) is 9.94. The third kappa shape index (κ3) is 4.45. The summed E-state index contributed by atoms with van der Waals surface area (Å²) in [6, 6.07) is 16.1. The minimum Gasteiger partial charge on any atom is -0.457 e. The van der Waals surface area contributed by atoms with Crippen molar-refractivity contribution in [2.75, 3.05) is 5.32 Å². The number of esters is 1. The molecule has 0 aliphatic rings. The maximum absolute atomic E-state index is 13.3. The average molecular weight is 505 g/mol. The van der Waals surface area contributed by atoms with Gasteiger partial charge in [-0.3, -0.25) is 14.2 Å². The van der Waals surface area contributed by atoms with Crippen molar-refractivity contribution in [2.45, 2.75) is 26.5 Å². The van der Waals surface area contributed by atoms with Crippen molar-refractivity contribution < 1.29 is 14.3 Å². The number of thiophene rings is 1. The van der Waals surface area contributed by atoms with Crippen molar-refractivity contribution in [2.24, 2.45) is 0 Å².